The molecule has 11 rings (SSSR count). The second-order valence-corrected chi connectivity index (χ2v) is 23.7. The van der Waals surface area contributed by atoms with Gasteiger partial charge in [-0.25, -0.2) is 4.98 Å². The number of hydrogen-bond donors (Lipinski definition) is 0. The van der Waals surface area contributed by atoms with Crippen molar-refractivity contribution < 1.29 is 30.4 Å². The molecule has 9 aromatic rings. The van der Waals surface area contributed by atoms with Crippen molar-refractivity contribution in [3.8, 4) is 34.1 Å². The van der Waals surface area contributed by atoms with E-state index in [2.05, 4.69) is 232 Å². The number of imidazole rings is 1. The summed E-state index contributed by atoms with van der Waals surface area (Å²) in [5.41, 5.74) is 18.3. The van der Waals surface area contributed by atoms with Crippen molar-refractivity contribution in [3.05, 3.63) is 172 Å². The van der Waals surface area contributed by atoms with Crippen molar-refractivity contribution in [2.24, 2.45) is 7.05 Å². The molecule has 0 saturated heterocycles. The van der Waals surface area contributed by atoms with Gasteiger partial charge in [-0.2, -0.15) is 12.1 Å². The Labute approximate surface area is 423 Å². The fraction of sp³-hybridized carbons (Fsp3) is 0.323. The van der Waals surface area contributed by atoms with Gasteiger partial charge in [0.25, 0.3) is 0 Å². The van der Waals surface area contributed by atoms with Gasteiger partial charge in [-0.3, -0.25) is 0 Å². The predicted molar refractivity (Wildman–Crippen MR) is 280 cm³/mol. The van der Waals surface area contributed by atoms with E-state index in [9.17, 15) is 0 Å². The van der Waals surface area contributed by atoms with Gasteiger partial charge in [0.15, 0.2) is 0 Å². The fourth-order valence-corrected chi connectivity index (χ4v) is 11.2. The van der Waals surface area contributed by atoms with Crippen molar-refractivity contribution in [1.29, 1.82) is 0 Å². The quantitative estimate of drug-likeness (QED) is 0.130. The van der Waals surface area contributed by atoms with Gasteiger partial charge in [-0.15, -0.1) is 35.2 Å². The molecule has 7 heteroatoms. The van der Waals surface area contributed by atoms with Crippen LogP contribution >= 0.6 is 0 Å². The molecule has 1 aliphatic heterocycles. The number of nitrogens with zero attached hydrogens (tertiary/aromatic N) is 5. The molecule has 69 heavy (non-hydrogen) atoms. The molecule has 0 radical (unpaired) electrons. The minimum absolute atomic E-state index is 0. The monoisotopic (exact) mass is 1090 g/mol. The van der Waals surface area contributed by atoms with Gasteiger partial charge < -0.3 is 23.3 Å². The van der Waals surface area contributed by atoms with E-state index in [0.29, 0.717) is 11.5 Å². The molecule has 1 aliphatic carbocycles. The SMILES string of the molecule is CN(C)c1ccnc(-n2c3[c-]c(Oc4[c-]c5c(cc4)C4(c6c(cc(C(C)(C)C)cc6C(C)(C)C)-c6cc(C(C)(C)C)cc(C(C)(C)C)c64)c4cccc6c4n-5[c-][n+]6C)ccc3c3ccccc32)c1.[Pt]. The van der Waals surface area contributed by atoms with Gasteiger partial charge >= 0.3 is 0 Å². The molecule has 0 bridgehead atoms. The third-order valence-electron chi connectivity index (χ3n) is 14.7. The van der Waals surface area contributed by atoms with E-state index in [1.165, 1.54) is 55.6 Å². The van der Waals surface area contributed by atoms with Crippen molar-refractivity contribution in [1.82, 2.24) is 14.1 Å². The standard InChI is InChI=1S/C62H63N5O.Pt/c1-58(2,3)37-29-44-45-30-38(59(4,5)6)32-49(61(10,11)12)56(45)62(55(44)48(31-37)60(7,8)9)46-26-24-41(35-53(46)66-36-65(15)51-22-18-20-47(62)57(51)66)68-40-23-25-43-42-19-16-17-21-50(42)67(52(43)34-40)54-33-39(64(13)14)27-28-63-54;/h16-33H,1-15H3;/q-2;. The summed E-state index contributed by atoms with van der Waals surface area (Å²) in [5, 5.41) is 2.22. The number of fused-ring (bicyclic) bond motifs is 12. The van der Waals surface area contributed by atoms with Gasteiger partial charge in [-0.05, 0) is 89.2 Å². The van der Waals surface area contributed by atoms with Crippen LogP contribution in [0.1, 0.15) is 128 Å². The number of para-hydroxylation sites is 2. The number of aryl methyl sites for hydroxylation is 1. The van der Waals surface area contributed by atoms with Crippen LogP contribution in [0.2, 0.25) is 0 Å². The van der Waals surface area contributed by atoms with Gasteiger partial charge in [0, 0.05) is 75.5 Å². The molecule has 4 heterocycles. The summed E-state index contributed by atoms with van der Waals surface area (Å²) in [6.07, 6.45) is 5.62. The van der Waals surface area contributed by atoms with Crippen molar-refractivity contribution >= 4 is 38.5 Å². The molecule has 0 atom stereocenters. The van der Waals surface area contributed by atoms with E-state index in [-0.39, 0.29) is 42.7 Å². The van der Waals surface area contributed by atoms with E-state index in [0.717, 1.165) is 50.0 Å². The maximum atomic E-state index is 6.96. The number of ether oxygens (including phenoxy) is 1. The number of aromatic nitrogens is 4. The first-order valence-corrected chi connectivity index (χ1v) is 24.1. The molecular weight excluding hydrogens is 1030 g/mol. The van der Waals surface area contributed by atoms with Gasteiger partial charge in [0.05, 0.1) is 18.1 Å². The average Bonchev–Trinajstić information content (AvgIpc) is 3.89. The van der Waals surface area contributed by atoms with Gasteiger partial charge in [-0.1, -0.05) is 155 Å². The summed E-state index contributed by atoms with van der Waals surface area (Å²) in [6, 6.07) is 45.9. The van der Waals surface area contributed by atoms with Crippen molar-refractivity contribution in [2.45, 2.75) is 110 Å². The van der Waals surface area contributed by atoms with E-state index < -0.39 is 5.41 Å². The molecule has 2 aliphatic rings. The summed E-state index contributed by atoms with van der Waals surface area (Å²) in [6.45, 7) is 28.5. The first-order valence-electron chi connectivity index (χ1n) is 24.1. The van der Waals surface area contributed by atoms with Crippen LogP contribution in [0.3, 0.4) is 0 Å². The Balaban J connectivity index is 0.00000553. The fourth-order valence-electron chi connectivity index (χ4n) is 11.2. The zero-order valence-corrected chi connectivity index (χ0v) is 45.1. The van der Waals surface area contributed by atoms with Crippen LogP contribution in [0.5, 0.6) is 11.5 Å². The first kappa shape index (κ1) is 46.7. The molecule has 6 aromatic carbocycles. The van der Waals surface area contributed by atoms with Crippen LogP contribution in [0.15, 0.2) is 109 Å². The molecule has 1 spiro atoms. The summed E-state index contributed by atoms with van der Waals surface area (Å²) in [5.74, 6) is 2.04. The maximum Gasteiger partial charge on any atom is 0.242 e. The van der Waals surface area contributed by atoms with Crippen LogP contribution < -0.4 is 14.2 Å². The van der Waals surface area contributed by atoms with Gasteiger partial charge in [0.2, 0.25) is 6.33 Å². The van der Waals surface area contributed by atoms with Crippen LogP contribution in [0.25, 0.3) is 55.5 Å². The Morgan fingerprint density at radius 1 is 0.623 bits per heavy atom. The summed E-state index contributed by atoms with van der Waals surface area (Å²) in [4.78, 5) is 6.97. The molecule has 0 fully saturated rings. The number of rotatable bonds is 4. The topological polar surface area (TPSA) is 39.1 Å². The first-order chi connectivity index (χ1) is 32.0. The third-order valence-corrected chi connectivity index (χ3v) is 14.7. The van der Waals surface area contributed by atoms with Gasteiger partial charge in [0.1, 0.15) is 5.82 Å². The molecule has 3 aromatic heterocycles. The second-order valence-electron chi connectivity index (χ2n) is 23.7. The minimum atomic E-state index is -0.693. The summed E-state index contributed by atoms with van der Waals surface area (Å²) in [7, 11) is 6.21. The summed E-state index contributed by atoms with van der Waals surface area (Å²) < 4.78 is 13.5. The van der Waals surface area contributed by atoms with E-state index in [1.54, 1.807) is 0 Å². The molecule has 0 N–H and O–H groups in total. The Morgan fingerprint density at radius 2 is 1.23 bits per heavy atom. The summed E-state index contributed by atoms with van der Waals surface area (Å²) >= 11 is 0. The maximum absolute atomic E-state index is 6.96. The van der Waals surface area contributed by atoms with Crippen LogP contribution in [-0.2, 0) is 55.2 Å². The molecule has 6 nitrogen and oxygen atoms in total. The zero-order valence-electron chi connectivity index (χ0n) is 42.9. The smallest absolute Gasteiger partial charge is 0.242 e. The Kier molecular flexibility index (Phi) is 10.5. The number of pyridine rings is 1. The van der Waals surface area contributed by atoms with E-state index in [4.69, 9.17) is 9.72 Å². The Bertz CT molecular complexity index is 3500. The Morgan fingerprint density at radius 3 is 1.84 bits per heavy atom. The normalized spacial score (nSPS) is 14.0. The molecular formula is C62H63N5OPt-2. The van der Waals surface area contributed by atoms with E-state index >= 15 is 0 Å². The Hall–Kier alpha value is -5.97. The predicted octanol–water partition coefficient (Wildman–Crippen LogP) is 14.1. The van der Waals surface area contributed by atoms with E-state index in [1.807, 2.05) is 18.3 Å². The van der Waals surface area contributed by atoms with Crippen molar-refractivity contribution in [2.75, 3.05) is 19.0 Å². The number of hydrogen-bond acceptors (Lipinski definition) is 3. The minimum Gasteiger partial charge on any atom is -0.510 e. The molecule has 354 valence electrons. The zero-order chi connectivity index (χ0) is 48.2. The molecule has 0 saturated carbocycles. The number of anilines is 1. The van der Waals surface area contributed by atoms with Crippen LogP contribution in [-0.4, -0.2) is 28.2 Å². The molecule has 0 unspecified atom stereocenters. The largest absolute Gasteiger partial charge is 0.510 e. The third kappa shape index (κ3) is 6.97. The van der Waals surface area contributed by atoms with Crippen LogP contribution in [0, 0.1) is 18.5 Å². The van der Waals surface area contributed by atoms with Crippen LogP contribution in [0.4, 0.5) is 5.69 Å². The average molecular weight is 1090 g/mol. The molecule has 0 amide bonds. The number of benzene rings is 6. The van der Waals surface area contributed by atoms with Crippen molar-refractivity contribution in [3.63, 3.8) is 0 Å². The second kappa shape index (κ2) is 15.5.